The number of nitriles is 1. The van der Waals surface area contributed by atoms with Crippen LogP contribution in [0.3, 0.4) is 0 Å². The number of carbonyl (C=O) groups is 1. The van der Waals surface area contributed by atoms with Gasteiger partial charge in [-0.25, -0.2) is 9.18 Å². The third kappa shape index (κ3) is 3.80. The van der Waals surface area contributed by atoms with Crippen LogP contribution in [0.25, 0.3) is 11.1 Å². The van der Waals surface area contributed by atoms with Crippen molar-refractivity contribution in [1.29, 1.82) is 5.26 Å². The van der Waals surface area contributed by atoms with E-state index in [1.165, 1.54) is 30.6 Å². The maximum Gasteiger partial charge on any atom is 0.337 e. The minimum absolute atomic E-state index is 0.00947. The molecule has 1 atom stereocenters. The Balaban J connectivity index is 1.56. The van der Waals surface area contributed by atoms with Gasteiger partial charge in [-0.15, -0.1) is 0 Å². The molecule has 0 unspecified atom stereocenters. The maximum absolute atomic E-state index is 14.0. The van der Waals surface area contributed by atoms with Gasteiger partial charge in [-0.1, -0.05) is 18.2 Å². The van der Waals surface area contributed by atoms with E-state index < -0.39 is 11.8 Å². The molecule has 0 radical (unpaired) electrons. The third-order valence-electron chi connectivity index (χ3n) is 5.19. The Bertz CT molecular complexity index is 1160. The first kappa shape index (κ1) is 19.4. The number of aromatic nitrogens is 1. The highest BCUT2D eigenvalue weighted by molar-refractivity contribution is 5.93. The van der Waals surface area contributed by atoms with Crippen LogP contribution in [0.2, 0.25) is 0 Å². The molecule has 0 bridgehead atoms. The second-order valence-corrected chi connectivity index (χ2v) is 7.00. The van der Waals surface area contributed by atoms with Crippen LogP contribution in [-0.4, -0.2) is 29.2 Å². The molecule has 2 N–H and O–H groups in total. The Labute approximate surface area is 172 Å². The van der Waals surface area contributed by atoms with E-state index in [-0.39, 0.29) is 17.0 Å². The zero-order valence-electron chi connectivity index (χ0n) is 15.9. The summed E-state index contributed by atoms with van der Waals surface area (Å²) in [4.78, 5) is 15.4. The fourth-order valence-corrected chi connectivity index (χ4v) is 3.60. The molecule has 0 fully saturated rings. The van der Waals surface area contributed by atoms with Crippen LogP contribution in [0.1, 0.15) is 33.8 Å². The molecule has 150 valence electrons. The van der Waals surface area contributed by atoms with Crippen LogP contribution in [0.4, 0.5) is 10.1 Å². The van der Waals surface area contributed by atoms with Crippen LogP contribution in [0.15, 0.2) is 54.9 Å². The number of hydrogen-bond acceptors (Lipinski definition) is 5. The smallest absolute Gasteiger partial charge is 0.337 e. The number of benzene rings is 2. The predicted octanol–water partition coefficient (Wildman–Crippen LogP) is 4.44. The van der Waals surface area contributed by atoms with Crippen molar-refractivity contribution in [1.82, 2.24) is 4.98 Å². The third-order valence-corrected chi connectivity index (χ3v) is 5.19. The number of fused-ring (bicyclic) bond motifs is 1. The first-order chi connectivity index (χ1) is 14.6. The SMILES string of the molecule is N#Cc1ccc(-c2ccc3c(c2)OCC[C@@H]3CNc2cnccc2C(=O)O)cc1F. The Kier molecular flexibility index (Phi) is 5.31. The Morgan fingerprint density at radius 3 is 2.83 bits per heavy atom. The number of ether oxygens (including phenoxy) is 1. The van der Waals surface area contributed by atoms with E-state index in [9.17, 15) is 14.3 Å². The average Bonchev–Trinajstić information content (AvgIpc) is 2.77. The number of halogens is 1. The van der Waals surface area contributed by atoms with Gasteiger partial charge in [0.1, 0.15) is 17.6 Å². The molecular weight excluding hydrogens is 385 g/mol. The fraction of sp³-hybridized carbons (Fsp3) is 0.174. The zero-order valence-corrected chi connectivity index (χ0v) is 15.9. The average molecular weight is 403 g/mol. The molecule has 1 aromatic heterocycles. The molecule has 0 amide bonds. The van der Waals surface area contributed by atoms with Gasteiger partial charge in [-0.05, 0) is 47.4 Å². The van der Waals surface area contributed by atoms with Crippen LogP contribution in [-0.2, 0) is 0 Å². The van der Waals surface area contributed by atoms with E-state index in [0.717, 1.165) is 23.3 Å². The van der Waals surface area contributed by atoms with E-state index in [1.807, 2.05) is 24.3 Å². The second kappa shape index (κ2) is 8.21. The lowest BCUT2D eigenvalue weighted by Crippen LogP contribution is -2.21. The summed E-state index contributed by atoms with van der Waals surface area (Å²) in [5, 5.41) is 21.4. The lowest BCUT2D eigenvalue weighted by Gasteiger charge is -2.27. The van der Waals surface area contributed by atoms with Crippen molar-refractivity contribution in [3.05, 3.63) is 77.4 Å². The van der Waals surface area contributed by atoms with Crippen molar-refractivity contribution in [3.63, 3.8) is 0 Å². The Morgan fingerprint density at radius 2 is 2.07 bits per heavy atom. The summed E-state index contributed by atoms with van der Waals surface area (Å²) >= 11 is 0. The molecule has 2 heterocycles. The van der Waals surface area contributed by atoms with Crippen molar-refractivity contribution in [2.24, 2.45) is 0 Å². The molecule has 30 heavy (non-hydrogen) atoms. The van der Waals surface area contributed by atoms with Crippen molar-refractivity contribution in [3.8, 4) is 22.9 Å². The number of nitrogens with zero attached hydrogens (tertiary/aromatic N) is 2. The number of carboxylic acids is 1. The monoisotopic (exact) mass is 403 g/mol. The number of nitrogens with one attached hydrogen (secondary N) is 1. The fourth-order valence-electron chi connectivity index (χ4n) is 3.60. The van der Waals surface area contributed by atoms with E-state index >= 15 is 0 Å². The summed E-state index contributed by atoms with van der Waals surface area (Å²) in [6.07, 6.45) is 3.74. The topological polar surface area (TPSA) is 95.2 Å². The normalized spacial score (nSPS) is 14.9. The summed E-state index contributed by atoms with van der Waals surface area (Å²) < 4.78 is 19.8. The lowest BCUT2D eigenvalue weighted by molar-refractivity contribution is 0.0697. The molecular formula is C23H18FN3O3. The van der Waals surface area contributed by atoms with Gasteiger partial charge >= 0.3 is 5.97 Å². The molecule has 6 nitrogen and oxygen atoms in total. The minimum atomic E-state index is -1.01. The molecule has 1 aliphatic heterocycles. The van der Waals surface area contributed by atoms with Crippen LogP contribution < -0.4 is 10.1 Å². The molecule has 7 heteroatoms. The quantitative estimate of drug-likeness (QED) is 0.654. The summed E-state index contributed by atoms with van der Waals surface area (Å²) in [6, 6.07) is 13.5. The second-order valence-electron chi connectivity index (χ2n) is 7.00. The summed E-state index contributed by atoms with van der Waals surface area (Å²) in [5.74, 6) is -0.713. The first-order valence-corrected chi connectivity index (χ1v) is 9.44. The van der Waals surface area contributed by atoms with E-state index in [2.05, 4.69) is 10.3 Å². The molecule has 2 aromatic carbocycles. The number of carboxylic acid groups (broad SMARTS) is 1. The summed E-state index contributed by atoms with van der Waals surface area (Å²) in [6.45, 7) is 1.07. The number of aromatic carboxylic acids is 1. The highest BCUT2D eigenvalue weighted by Gasteiger charge is 2.23. The molecule has 4 rings (SSSR count). The van der Waals surface area contributed by atoms with Crippen molar-refractivity contribution < 1.29 is 19.0 Å². The van der Waals surface area contributed by atoms with Crippen LogP contribution >= 0.6 is 0 Å². The van der Waals surface area contributed by atoms with Crippen molar-refractivity contribution >= 4 is 11.7 Å². The molecule has 0 spiro atoms. The Morgan fingerprint density at radius 1 is 1.27 bits per heavy atom. The van der Waals surface area contributed by atoms with Gasteiger partial charge in [0.05, 0.1) is 29.6 Å². The predicted molar refractivity (Wildman–Crippen MR) is 109 cm³/mol. The zero-order chi connectivity index (χ0) is 21.1. The van der Waals surface area contributed by atoms with Crippen LogP contribution in [0.5, 0.6) is 5.75 Å². The lowest BCUT2D eigenvalue weighted by atomic mass is 9.90. The highest BCUT2D eigenvalue weighted by atomic mass is 19.1. The molecule has 1 aliphatic rings. The molecule has 3 aromatic rings. The van der Waals surface area contributed by atoms with Crippen LogP contribution in [0, 0.1) is 17.1 Å². The van der Waals surface area contributed by atoms with Gasteiger partial charge in [0.15, 0.2) is 0 Å². The van der Waals surface area contributed by atoms with Gasteiger partial charge in [0.2, 0.25) is 0 Å². The number of anilines is 1. The van der Waals surface area contributed by atoms with E-state index in [1.54, 1.807) is 6.07 Å². The minimum Gasteiger partial charge on any atom is -0.493 e. The molecule has 0 saturated carbocycles. The summed E-state index contributed by atoms with van der Waals surface area (Å²) in [7, 11) is 0. The first-order valence-electron chi connectivity index (χ1n) is 9.44. The van der Waals surface area contributed by atoms with Gasteiger partial charge in [-0.2, -0.15) is 5.26 Å². The van der Waals surface area contributed by atoms with Gasteiger partial charge in [-0.3, -0.25) is 4.98 Å². The van der Waals surface area contributed by atoms with Gasteiger partial charge in [0, 0.05) is 18.7 Å². The number of hydrogen-bond donors (Lipinski definition) is 2. The van der Waals surface area contributed by atoms with Crippen molar-refractivity contribution in [2.45, 2.75) is 12.3 Å². The standard InChI is InChI=1S/C23H18FN3O3/c24-20-9-14(1-2-16(20)11-25)15-3-4-18-17(6-8-30-22(18)10-15)12-27-21-13-26-7-5-19(21)23(28)29/h1-5,7,9-10,13,17,27H,6,8,12H2,(H,28,29)/t17-/m1/s1. The maximum atomic E-state index is 14.0. The Hall–Kier alpha value is -3.92. The van der Waals surface area contributed by atoms with Gasteiger partial charge < -0.3 is 15.2 Å². The largest absolute Gasteiger partial charge is 0.493 e. The van der Waals surface area contributed by atoms with Gasteiger partial charge in [0.25, 0.3) is 0 Å². The van der Waals surface area contributed by atoms with Crippen molar-refractivity contribution in [2.75, 3.05) is 18.5 Å². The summed E-state index contributed by atoms with van der Waals surface area (Å²) in [5.41, 5.74) is 3.13. The molecule has 0 saturated heterocycles. The van der Waals surface area contributed by atoms with E-state index in [0.29, 0.717) is 24.4 Å². The molecule has 0 aliphatic carbocycles. The van der Waals surface area contributed by atoms with E-state index in [4.69, 9.17) is 10.00 Å². The number of rotatable bonds is 5. The highest BCUT2D eigenvalue weighted by Crippen LogP contribution is 2.37. The number of pyridine rings is 1.